The number of nitrogens with zero attached hydrogens (tertiary/aromatic N) is 1. The van der Waals surface area contributed by atoms with E-state index in [0.29, 0.717) is 0 Å². The second-order valence-electron chi connectivity index (χ2n) is 9.28. The summed E-state index contributed by atoms with van der Waals surface area (Å²) >= 11 is 0. The molecule has 1 saturated heterocycles. The van der Waals surface area contributed by atoms with Crippen LogP contribution in [0.2, 0.25) is 5.04 Å². The monoisotopic (exact) mass is 441 g/mol. The van der Waals surface area contributed by atoms with Crippen molar-refractivity contribution in [1.82, 2.24) is 4.90 Å². The first kappa shape index (κ1) is 23.0. The molecule has 1 heterocycles. The lowest BCUT2D eigenvalue weighted by Crippen LogP contribution is -2.68. The summed E-state index contributed by atoms with van der Waals surface area (Å²) in [6.07, 6.45) is -1.52. The summed E-state index contributed by atoms with van der Waals surface area (Å²) in [5.74, 6) is -2.19. The van der Waals surface area contributed by atoms with Crippen molar-refractivity contribution in [3.63, 3.8) is 0 Å². The van der Waals surface area contributed by atoms with Crippen molar-refractivity contribution >= 4 is 30.8 Å². The van der Waals surface area contributed by atoms with Crippen LogP contribution < -0.4 is 10.4 Å². The van der Waals surface area contributed by atoms with Crippen LogP contribution in [0.1, 0.15) is 27.7 Å². The van der Waals surface area contributed by atoms with Gasteiger partial charge in [0.1, 0.15) is 0 Å². The third kappa shape index (κ3) is 4.38. The zero-order valence-corrected chi connectivity index (χ0v) is 19.5. The van der Waals surface area contributed by atoms with Gasteiger partial charge >= 0.3 is 12.1 Å². The smallest absolute Gasteiger partial charge is 0.407 e. The molecule has 2 N–H and O–H groups in total. The van der Waals surface area contributed by atoms with E-state index in [4.69, 9.17) is 4.43 Å². The molecular weight excluding hydrogens is 410 g/mol. The highest BCUT2D eigenvalue weighted by atomic mass is 28.4. The minimum atomic E-state index is -2.85. The largest absolute Gasteiger partial charge is 0.481 e. The normalized spacial score (nSPS) is 20.5. The summed E-state index contributed by atoms with van der Waals surface area (Å²) < 4.78 is 7.02. The molecule has 0 spiro atoms. The van der Waals surface area contributed by atoms with Crippen LogP contribution in [0.4, 0.5) is 4.79 Å². The van der Waals surface area contributed by atoms with Gasteiger partial charge in [0.15, 0.2) is 0 Å². The van der Waals surface area contributed by atoms with E-state index in [9.17, 15) is 19.8 Å². The number of amides is 1. The zero-order chi connectivity index (χ0) is 22.8. The molecule has 0 aromatic heterocycles. The van der Waals surface area contributed by atoms with Crippen LogP contribution >= 0.6 is 0 Å². The first-order chi connectivity index (χ1) is 14.6. The van der Waals surface area contributed by atoms with Gasteiger partial charge in [0.05, 0.1) is 5.92 Å². The van der Waals surface area contributed by atoms with E-state index in [-0.39, 0.29) is 18.1 Å². The molecule has 31 heavy (non-hydrogen) atoms. The number of carboxylic acid groups (broad SMARTS) is 2. The van der Waals surface area contributed by atoms with Crippen molar-refractivity contribution in [3.8, 4) is 0 Å². The Morgan fingerprint density at radius 2 is 1.45 bits per heavy atom. The molecule has 0 saturated carbocycles. The maximum atomic E-state index is 11.9. The lowest BCUT2D eigenvalue weighted by atomic mass is 9.92. The lowest BCUT2D eigenvalue weighted by molar-refractivity contribution is -0.143. The van der Waals surface area contributed by atoms with Gasteiger partial charge in [-0.15, -0.1) is 0 Å². The fraction of sp³-hybridized carbons (Fsp3) is 0.417. The van der Waals surface area contributed by atoms with Gasteiger partial charge in [0.25, 0.3) is 8.32 Å². The molecule has 2 aromatic rings. The van der Waals surface area contributed by atoms with Gasteiger partial charge < -0.3 is 19.5 Å². The lowest BCUT2D eigenvalue weighted by Gasteiger charge is -2.45. The van der Waals surface area contributed by atoms with Crippen LogP contribution in [0.3, 0.4) is 0 Å². The highest BCUT2D eigenvalue weighted by Crippen LogP contribution is 2.39. The molecule has 7 heteroatoms. The fourth-order valence-corrected chi connectivity index (χ4v) is 9.53. The van der Waals surface area contributed by atoms with Gasteiger partial charge in [-0.1, -0.05) is 81.4 Å². The third-order valence-corrected chi connectivity index (χ3v) is 11.5. The summed E-state index contributed by atoms with van der Waals surface area (Å²) in [6, 6.07) is 20.3. The van der Waals surface area contributed by atoms with Gasteiger partial charge in [-0.05, 0) is 22.3 Å². The van der Waals surface area contributed by atoms with Crippen molar-refractivity contribution in [1.29, 1.82) is 0 Å². The average molecular weight is 442 g/mol. The van der Waals surface area contributed by atoms with E-state index < -0.39 is 38.3 Å². The molecule has 1 fully saturated rings. The fourth-order valence-electron chi connectivity index (χ4n) is 4.78. The second kappa shape index (κ2) is 8.84. The van der Waals surface area contributed by atoms with Crippen molar-refractivity contribution in [2.45, 2.75) is 38.8 Å². The van der Waals surface area contributed by atoms with E-state index in [1.54, 1.807) is 0 Å². The SMILES string of the molecule is C[C@H](O[Si](c1ccccc1)(c1ccccc1)C(C)(C)C)C1CN(C(=O)O)CC1C(=O)O. The summed E-state index contributed by atoms with van der Waals surface area (Å²) in [6.45, 7) is 8.54. The summed E-state index contributed by atoms with van der Waals surface area (Å²) in [4.78, 5) is 24.6. The average Bonchev–Trinajstić information content (AvgIpc) is 3.19. The number of rotatable bonds is 6. The van der Waals surface area contributed by atoms with Crippen molar-refractivity contribution in [2.24, 2.45) is 11.8 Å². The first-order valence-electron chi connectivity index (χ1n) is 10.6. The highest BCUT2D eigenvalue weighted by Gasteiger charge is 2.53. The Bertz CT molecular complexity index is 873. The van der Waals surface area contributed by atoms with Gasteiger partial charge in [-0.25, -0.2) is 4.79 Å². The molecule has 3 rings (SSSR count). The van der Waals surface area contributed by atoms with Crippen LogP contribution in [0, 0.1) is 11.8 Å². The highest BCUT2D eigenvalue weighted by molar-refractivity contribution is 6.99. The molecule has 0 bridgehead atoms. The topological polar surface area (TPSA) is 87.1 Å². The number of carboxylic acids is 1. The number of benzene rings is 2. The standard InChI is InChI=1S/C24H31NO5Si/c1-17(20-15-25(23(28)29)16-21(20)22(26)27)30-31(24(2,3)4,18-11-7-5-8-12-18)19-13-9-6-10-14-19/h5-14,17,20-21H,15-16H2,1-4H3,(H,26,27)(H,28,29)/t17-,20?,21?/m0/s1. The maximum Gasteiger partial charge on any atom is 0.407 e. The van der Waals surface area contributed by atoms with Crippen molar-refractivity contribution < 1.29 is 24.2 Å². The third-order valence-electron chi connectivity index (χ3n) is 6.34. The summed E-state index contributed by atoms with van der Waals surface area (Å²) in [5.41, 5.74) is 0. The molecule has 2 aromatic carbocycles. The molecule has 2 unspecified atom stereocenters. The maximum absolute atomic E-state index is 11.9. The van der Waals surface area contributed by atoms with E-state index >= 15 is 0 Å². The van der Waals surface area contributed by atoms with Gasteiger partial charge in [0, 0.05) is 25.1 Å². The van der Waals surface area contributed by atoms with Crippen LogP contribution in [-0.4, -0.2) is 54.7 Å². The van der Waals surface area contributed by atoms with Crippen LogP contribution in [0.15, 0.2) is 60.7 Å². The van der Waals surface area contributed by atoms with E-state index in [0.717, 1.165) is 10.4 Å². The van der Waals surface area contributed by atoms with E-state index in [1.165, 1.54) is 4.90 Å². The molecule has 1 amide bonds. The summed E-state index contributed by atoms with van der Waals surface area (Å²) in [5, 5.41) is 21.2. The minimum absolute atomic E-state index is 0.0101. The molecule has 6 nitrogen and oxygen atoms in total. The van der Waals surface area contributed by atoms with Crippen LogP contribution in [0.5, 0.6) is 0 Å². The number of likely N-dealkylation sites (tertiary alicyclic amines) is 1. The van der Waals surface area contributed by atoms with Crippen LogP contribution in [-0.2, 0) is 9.22 Å². The summed E-state index contributed by atoms with van der Waals surface area (Å²) in [7, 11) is -2.85. The molecule has 1 aliphatic heterocycles. The molecule has 3 atom stereocenters. The number of carbonyl (C=O) groups is 2. The Balaban J connectivity index is 2.09. The van der Waals surface area contributed by atoms with E-state index in [1.807, 2.05) is 43.3 Å². The van der Waals surface area contributed by atoms with Crippen molar-refractivity contribution in [3.05, 3.63) is 60.7 Å². The van der Waals surface area contributed by atoms with Gasteiger partial charge in [-0.3, -0.25) is 4.79 Å². The van der Waals surface area contributed by atoms with Crippen molar-refractivity contribution in [2.75, 3.05) is 13.1 Å². The van der Waals surface area contributed by atoms with E-state index in [2.05, 4.69) is 45.0 Å². The molecular formula is C24H31NO5Si. The molecule has 166 valence electrons. The predicted molar refractivity (Wildman–Crippen MR) is 122 cm³/mol. The Morgan fingerprint density at radius 1 is 0.968 bits per heavy atom. The molecule has 0 radical (unpaired) electrons. The zero-order valence-electron chi connectivity index (χ0n) is 18.5. The minimum Gasteiger partial charge on any atom is -0.481 e. The molecule has 0 aliphatic carbocycles. The Kier molecular flexibility index (Phi) is 6.57. The Hall–Kier alpha value is -2.64. The number of hydrogen-bond acceptors (Lipinski definition) is 3. The molecule has 1 aliphatic rings. The van der Waals surface area contributed by atoms with Crippen LogP contribution in [0.25, 0.3) is 0 Å². The Labute approximate surface area is 184 Å². The Morgan fingerprint density at radius 3 is 1.84 bits per heavy atom. The van der Waals surface area contributed by atoms with Gasteiger partial charge in [-0.2, -0.15) is 0 Å². The second-order valence-corrected chi connectivity index (χ2v) is 13.5. The van der Waals surface area contributed by atoms with Gasteiger partial charge in [0.2, 0.25) is 0 Å². The number of hydrogen-bond donors (Lipinski definition) is 2. The predicted octanol–water partition coefficient (Wildman–Crippen LogP) is 3.26. The number of aliphatic carboxylic acids is 1. The first-order valence-corrected chi connectivity index (χ1v) is 12.5. The quantitative estimate of drug-likeness (QED) is 0.672.